The molecule has 11 heteroatoms. The van der Waals surface area contributed by atoms with Gasteiger partial charge in [-0.1, -0.05) is 12.0 Å². The van der Waals surface area contributed by atoms with E-state index in [1.165, 1.54) is 22.9 Å². The Morgan fingerprint density at radius 2 is 1.92 bits per heavy atom. The van der Waals surface area contributed by atoms with Crippen molar-refractivity contribution >= 4 is 52.0 Å². The van der Waals surface area contributed by atoms with Gasteiger partial charge in [-0.2, -0.15) is 5.26 Å². The average molecular weight is 533 g/mol. The van der Waals surface area contributed by atoms with Crippen molar-refractivity contribution in [3.05, 3.63) is 73.9 Å². The summed E-state index contributed by atoms with van der Waals surface area (Å²) < 4.78 is 15.0. The van der Waals surface area contributed by atoms with Crippen LogP contribution in [0.5, 0.6) is 0 Å². The van der Waals surface area contributed by atoms with Crippen molar-refractivity contribution in [2.45, 2.75) is 13.5 Å². The van der Waals surface area contributed by atoms with Gasteiger partial charge in [0.15, 0.2) is 5.57 Å². The van der Waals surface area contributed by atoms with E-state index in [0.29, 0.717) is 17.1 Å². The van der Waals surface area contributed by atoms with E-state index in [1.54, 1.807) is 55.3 Å². The highest BCUT2D eigenvalue weighted by molar-refractivity contribution is 7.07. The second-order valence-electron chi connectivity index (χ2n) is 7.94. The van der Waals surface area contributed by atoms with Gasteiger partial charge in [0.05, 0.1) is 13.1 Å². The Kier molecular flexibility index (Phi) is 9.41. The highest BCUT2D eigenvalue weighted by Gasteiger charge is 2.15. The fourth-order valence-electron chi connectivity index (χ4n) is 3.45. The smallest absolute Gasteiger partial charge is 0.270 e. The molecule has 0 saturated carbocycles. The third-order valence-corrected chi connectivity index (χ3v) is 6.42. The number of anilines is 3. The molecule has 0 radical (unpaired) electrons. The van der Waals surface area contributed by atoms with Crippen LogP contribution >= 0.6 is 11.3 Å². The van der Waals surface area contributed by atoms with Crippen LogP contribution in [0, 0.1) is 29.5 Å². The third-order valence-electron chi connectivity index (χ3n) is 5.29. The monoisotopic (exact) mass is 532 g/mol. The fourth-order valence-corrected chi connectivity index (χ4v) is 4.53. The van der Waals surface area contributed by atoms with E-state index in [4.69, 9.17) is 6.42 Å². The number of carbonyl (C=O) groups is 2. The number of terminal acetylenes is 1. The number of rotatable bonds is 9. The van der Waals surface area contributed by atoms with Crippen LogP contribution in [0.15, 0.2) is 53.3 Å². The summed E-state index contributed by atoms with van der Waals surface area (Å²) in [6, 6.07) is 14.6. The molecule has 0 aliphatic heterocycles. The van der Waals surface area contributed by atoms with Gasteiger partial charge in [-0.25, -0.2) is 4.39 Å². The maximum Gasteiger partial charge on any atom is 0.270 e. The number of halogens is 1. The van der Waals surface area contributed by atoms with Crippen LogP contribution < -0.4 is 35.6 Å². The zero-order valence-corrected chi connectivity index (χ0v) is 21.6. The number of amides is 2. The lowest BCUT2D eigenvalue weighted by Gasteiger charge is -2.18. The number of hydrogen-bond acceptors (Lipinski definition) is 7. The predicted molar refractivity (Wildman–Crippen MR) is 147 cm³/mol. The van der Waals surface area contributed by atoms with Crippen LogP contribution in [0.1, 0.15) is 6.92 Å². The molecule has 38 heavy (non-hydrogen) atoms. The van der Waals surface area contributed by atoms with Gasteiger partial charge in [0.25, 0.3) is 11.5 Å². The Bertz CT molecular complexity index is 1600. The van der Waals surface area contributed by atoms with Crippen LogP contribution in [-0.4, -0.2) is 36.5 Å². The van der Waals surface area contributed by atoms with Gasteiger partial charge < -0.3 is 20.9 Å². The number of nitrogens with one attached hydrogen (secondary N) is 3. The molecule has 0 aliphatic carbocycles. The van der Waals surface area contributed by atoms with E-state index in [9.17, 15) is 24.0 Å². The van der Waals surface area contributed by atoms with Crippen molar-refractivity contribution in [2.24, 2.45) is 0 Å². The zero-order chi connectivity index (χ0) is 27.7. The normalized spacial score (nSPS) is 11.7. The van der Waals surface area contributed by atoms with Gasteiger partial charge in [0.1, 0.15) is 21.1 Å². The SMILES string of the molecule is C#CCNC(=O)/C(C#N)=c1\s/c(=C/Nc2cccc(NC(=O)CN(C)c3ccc(F)cc3)c2)c(=O)n1CC. The quantitative estimate of drug-likeness (QED) is 0.359. The Morgan fingerprint density at radius 3 is 2.58 bits per heavy atom. The molecule has 0 aliphatic rings. The number of likely N-dealkylation sites (N-methyl/N-ethyl adjacent to an activating group) is 1. The molecule has 0 spiro atoms. The van der Waals surface area contributed by atoms with Crippen LogP contribution in [0.2, 0.25) is 0 Å². The van der Waals surface area contributed by atoms with Crippen molar-refractivity contribution in [3.8, 4) is 18.4 Å². The van der Waals surface area contributed by atoms with Gasteiger partial charge in [-0.3, -0.25) is 19.0 Å². The number of hydrogen-bond donors (Lipinski definition) is 3. The van der Waals surface area contributed by atoms with E-state index in [1.807, 2.05) is 6.07 Å². The summed E-state index contributed by atoms with van der Waals surface area (Å²) in [5, 5.41) is 17.8. The van der Waals surface area contributed by atoms with Crippen molar-refractivity contribution < 1.29 is 14.0 Å². The minimum Gasteiger partial charge on any atom is -0.365 e. The van der Waals surface area contributed by atoms with Crippen LogP contribution in [-0.2, 0) is 16.1 Å². The molecule has 0 fully saturated rings. The lowest BCUT2D eigenvalue weighted by molar-refractivity contribution is -0.116. The van der Waals surface area contributed by atoms with E-state index in [0.717, 1.165) is 11.3 Å². The van der Waals surface area contributed by atoms with E-state index in [2.05, 4.69) is 21.9 Å². The molecule has 2 aromatic carbocycles. The van der Waals surface area contributed by atoms with E-state index < -0.39 is 5.91 Å². The molecular weight excluding hydrogens is 507 g/mol. The zero-order valence-electron chi connectivity index (χ0n) is 20.7. The lowest BCUT2D eigenvalue weighted by Crippen LogP contribution is -2.34. The van der Waals surface area contributed by atoms with Crippen LogP contribution in [0.4, 0.5) is 21.5 Å². The molecule has 194 valence electrons. The summed E-state index contributed by atoms with van der Waals surface area (Å²) in [7, 11) is 1.73. The molecule has 3 rings (SSSR count). The van der Waals surface area contributed by atoms with Gasteiger partial charge in [-0.05, 0) is 49.4 Å². The molecule has 1 heterocycles. The van der Waals surface area contributed by atoms with Crippen LogP contribution in [0.3, 0.4) is 0 Å². The second-order valence-corrected chi connectivity index (χ2v) is 8.98. The first kappa shape index (κ1) is 27.7. The summed E-state index contributed by atoms with van der Waals surface area (Å²) >= 11 is 1.01. The lowest BCUT2D eigenvalue weighted by atomic mass is 10.2. The first-order chi connectivity index (χ1) is 18.3. The summed E-state index contributed by atoms with van der Waals surface area (Å²) in [6.45, 7) is 2.01. The summed E-state index contributed by atoms with van der Waals surface area (Å²) in [4.78, 5) is 39.4. The van der Waals surface area contributed by atoms with E-state index in [-0.39, 0.29) is 51.7 Å². The van der Waals surface area contributed by atoms with Crippen molar-refractivity contribution in [1.82, 2.24) is 9.88 Å². The second kappa shape index (κ2) is 12.9. The van der Waals surface area contributed by atoms with E-state index >= 15 is 0 Å². The molecule has 3 aromatic rings. The predicted octanol–water partition coefficient (Wildman–Crippen LogP) is 1.42. The largest absolute Gasteiger partial charge is 0.365 e. The molecule has 3 N–H and O–H groups in total. The molecule has 1 aromatic heterocycles. The first-order valence-corrected chi connectivity index (χ1v) is 12.3. The van der Waals surface area contributed by atoms with Crippen molar-refractivity contribution in [1.29, 1.82) is 5.26 Å². The summed E-state index contributed by atoms with van der Waals surface area (Å²) in [5.74, 6) is 0.998. The highest BCUT2D eigenvalue weighted by Crippen LogP contribution is 2.16. The summed E-state index contributed by atoms with van der Waals surface area (Å²) in [5.41, 5.74) is 1.28. The Morgan fingerprint density at radius 1 is 1.21 bits per heavy atom. The number of carbonyl (C=O) groups excluding carboxylic acids is 2. The van der Waals surface area contributed by atoms with Crippen molar-refractivity contribution in [3.63, 3.8) is 0 Å². The number of nitriles is 1. The molecule has 0 saturated heterocycles. The molecular formula is C27H25FN6O3S. The molecule has 0 unspecified atom stereocenters. The number of nitrogens with zero attached hydrogens (tertiary/aromatic N) is 3. The standard InChI is InChI=1S/C27H25FN6O3S/c1-4-13-30-25(36)22(15-29)27-34(5-2)26(37)23(38-27)16-31-19-7-6-8-20(14-19)32-24(35)17-33(3)21-11-9-18(28)10-12-21/h1,6-12,14,16,31H,5,13,17H2,2-3H3,(H,30,36)(H,32,35)/b23-16+,27-22-. The highest BCUT2D eigenvalue weighted by atomic mass is 32.1. The first-order valence-electron chi connectivity index (χ1n) is 11.5. The maximum absolute atomic E-state index is 13.1. The number of aromatic nitrogens is 1. The Labute approximate surface area is 222 Å². The number of thiazole rings is 1. The Hall–Kier alpha value is -4.87. The molecule has 9 nitrogen and oxygen atoms in total. The maximum atomic E-state index is 13.1. The van der Waals surface area contributed by atoms with Gasteiger partial charge in [-0.15, -0.1) is 17.8 Å². The fraction of sp³-hybridized carbons (Fsp3) is 0.185. The minimum atomic E-state index is -0.651. The third kappa shape index (κ3) is 6.87. The molecule has 2 amide bonds. The minimum absolute atomic E-state index is 0.0400. The van der Waals surface area contributed by atoms with Crippen molar-refractivity contribution in [2.75, 3.05) is 35.7 Å². The topological polar surface area (TPSA) is 119 Å². The van der Waals surface area contributed by atoms with Gasteiger partial charge in [0.2, 0.25) is 5.91 Å². The van der Waals surface area contributed by atoms with Gasteiger partial charge >= 0.3 is 0 Å². The molecule has 0 atom stereocenters. The summed E-state index contributed by atoms with van der Waals surface area (Å²) in [6.07, 6.45) is 6.65. The average Bonchev–Trinajstić information content (AvgIpc) is 3.21. The van der Waals surface area contributed by atoms with Crippen LogP contribution in [0.25, 0.3) is 11.8 Å². The van der Waals surface area contributed by atoms with Gasteiger partial charge in [0, 0.05) is 36.9 Å². The number of benzene rings is 2. The Balaban J connectivity index is 1.79. The molecule has 0 bridgehead atoms.